The molecule has 0 aliphatic carbocycles. The molecule has 0 saturated heterocycles. The van der Waals surface area contributed by atoms with Crippen molar-refractivity contribution >= 4 is 30.0 Å². The van der Waals surface area contributed by atoms with Crippen LogP contribution in [0.2, 0.25) is 5.15 Å². The van der Waals surface area contributed by atoms with Gasteiger partial charge in [-0.3, -0.25) is 4.79 Å². The van der Waals surface area contributed by atoms with Gasteiger partial charge in [0.2, 0.25) is 0 Å². The molecule has 0 spiro atoms. The minimum absolute atomic E-state index is 0.0171. The van der Waals surface area contributed by atoms with E-state index < -0.39 is 16.3 Å². The van der Waals surface area contributed by atoms with Gasteiger partial charge < -0.3 is 34.2 Å². The molecule has 61 heavy (non-hydrogen) atoms. The summed E-state index contributed by atoms with van der Waals surface area (Å²) in [6, 6.07) is 28.9. The lowest BCUT2D eigenvalue weighted by atomic mass is 9.98. The van der Waals surface area contributed by atoms with Gasteiger partial charge in [-0.25, -0.2) is 15.6 Å². The number of unbranched alkanes of at least 4 members (excludes halogenated alkanes) is 1. The normalized spacial score (nSPS) is 10.9. The van der Waals surface area contributed by atoms with E-state index in [4.69, 9.17) is 37.4 Å². The molecule has 0 aliphatic rings. The quantitative estimate of drug-likeness (QED) is 0.0149. The number of benzene rings is 4. The molecule has 4 aromatic carbocycles. The number of carbonyl (C=O) groups excluding carboxylic acids is 2. The van der Waals surface area contributed by atoms with Crippen LogP contribution < -0.4 is 11.6 Å². The Morgan fingerprint density at radius 2 is 1.44 bits per heavy atom. The van der Waals surface area contributed by atoms with Crippen molar-refractivity contribution < 1.29 is 43.6 Å². The summed E-state index contributed by atoms with van der Waals surface area (Å²) in [4.78, 5) is 56.9. The van der Waals surface area contributed by atoms with Crippen LogP contribution in [-0.2, 0) is 74.7 Å². The highest BCUT2D eigenvalue weighted by molar-refractivity contribution is 6.30. The van der Waals surface area contributed by atoms with E-state index in [1.54, 1.807) is 49.6 Å². The standard InChI is InChI=1S/C32H34ClN7O7.C9H11NO4/c1-2-3-11-29-36-30(33)28(20-45-21-41)38(29)17-22-12-14-25(15-13-22)26-9-4-5-10-27(26)31(34)37-39(35)32(42)46-18-23-7-6-8-24(16-23)19-47-40(43)44;1-13-6-8-3-2-4-9(5-8)7-14-10(11)12/h4-10,12-16,21H,2-3,11,17-20,35H2,1H3,(H2,34,37);2-5H,6-7H2,1H3. The first-order valence-electron chi connectivity index (χ1n) is 18.6. The molecular weight excluding hydrogens is 816 g/mol. The van der Waals surface area contributed by atoms with Gasteiger partial charge in [-0.05, 0) is 45.4 Å². The van der Waals surface area contributed by atoms with Crippen LogP contribution in [0.3, 0.4) is 0 Å². The summed E-state index contributed by atoms with van der Waals surface area (Å²) in [7, 11) is 1.60. The number of imidazole rings is 1. The largest absolute Gasteiger partial charge is 0.461 e. The minimum Gasteiger partial charge on any atom is -0.461 e. The van der Waals surface area contributed by atoms with Gasteiger partial charge in [0.05, 0.1) is 12.3 Å². The summed E-state index contributed by atoms with van der Waals surface area (Å²) in [5.41, 5.74) is 12.9. The number of hydrazone groups is 1. The number of aromatic nitrogens is 2. The lowest BCUT2D eigenvalue weighted by molar-refractivity contribution is -0.763. The second kappa shape index (κ2) is 24.1. The summed E-state index contributed by atoms with van der Waals surface area (Å²) in [5.74, 6) is 6.65. The average Bonchev–Trinajstić information content (AvgIpc) is 3.55. The number of halogens is 1. The molecule has 322 valence electrons. The van der Waals surface area contributed by atoms with Crippen molar-refractivity contribution in [1.82, 2.24) is 14.7 Å². The number of amidine groups is 1. The van der Waals surface area contributed by atoms with Crippen molar-refractivity contribution in [3.05, 3.63) is 167 Å². The molecule has 1 amide bonds. The predicted octanol–water partition coefficient (Wildman–Crippen LogP) is 6.65. The Bertz CT molecular complexity index is 2270. The Balaban J connectivity index is 0.000000495. The fraction of sp³-hybridized carbons (Fsp3) is 0.268. The van der Waals surface area contributed by atoms with Crippen LogP contribution in [0.1, 0.15) is 64.7 Å². The molecule has 1 aromatic heterocycles. The van der Waals surface area contributed by atoms with Crippen molar-refractivity contribution in [1.29, 1.82) is 0 Å². The molecule has 0 unspecified atom stereocenters. The summed E-state index contributed by atoms with van der Waals surface area (Å²) in [6.45, 7) is 3.05. The van der Waals surface area contributed by atoms with E-state index in [1.165, 1.54) is 0 Å². The van der Waals surface area contributed by atoms with E-state index in [9.17, 15) is 29.8 Å². The lowest BCUT2D eigenvalue weighted by Gasteiger charge is -2.15. The number of hydrogen-bond donors (Lipinski definition) is 2. The van der Waals surface area contributed by atoms with E-state index in [0.29, 0.717) is 52.3 Å². The van der Waals surface area contributed by atoms with Crippen LogP contribution in [0.4, 0.5) is 4.79 Å². The average molecular weight is 861 g/mol. The fourth-order valence-electron chi connectivity index (χ4n) is 5.86. The molecule has 0 fully saturated rings. The third kappa shape index (κ3) is 14.9. The number of methoxy groups -OCH3 is 1. The van der Waals surface area contributed by atoms with Gasteiger partial charge in [0.25, 0.3) is 16.6 Å². The number of ether oxygens (including phenoxy) is 3. The monoisotopic (exact) mass is 860 g/mol. The van der Waals surface area contributed by atoms with Crippen molar-refractivity contribution in [2.45, 2.75) is 65.8 Å². The Morgan fingerprint density at radius 1 is 0.852 bits per heavy atom. The molecule has 0 atom stereocenters. The highest BCUT2D eigenvalue weighted by atomic mass is 35.5. The van der Waals surface area contributed by atoms with E-state index >= 15 is 0 Å². The van der Waals surface area contributed by atoms with Crippen LogP contribution in [0.15, 0.2) is 102 Å². The summed E-state index contributed by atoms with van der Waals surface area (Å²) in [6.07, 6.45) is 1.71. The van der Waals surface area contributed by atoms with Crippen molar-refractivity contribution in [2.75, 3.05) is 7.11 Å². The number of nitrogens with zero attached hydrogens (tertiary/aromatic N) is 6. The van der Waals surface area contributed by atoms with E-state index in [1.807, 2.05) is 59.2 Å². The molecule has 5 rings (SSSR count). The van der Waals surface area contributed by atoms with Gasteiger partial charge in [-0.1, -0.05) is 122 Å². The number of rotatable bonds is 21. The van der Waals surface area contributed by atoms with Gasteiger partial charge in [0, 0.05) is 25.6 Å². The molecular formula is C41H45ClN8O11. The van der Waals surface area contributed by atoms with E-state index in [-0.39, 0.29) is 32.3 Å². The van der Waals surface area contributed by atoms with Crippen LogP contribution >= 0.6 is 11.6 Å². The highest BCUT2D eigenvalue weighted by Gasteiger charge is 2.18. The lowest BCUT2D eigenvalue weighted by Crippen LogP contribution is -2.35. The molecule has 1 heterocycles. The summed E-state index contributed by atoms with van der Waals surface area (Å²) in [5, 5.41) is 23.5. The second-order valence-electron chi connectivity index (χ2n) is 13.1. The number of hydrogen-bond acceptors (Lipinski definition) is 14. The van der Waals surface area contributed by atoms with Gasteiger partial charge in [0.15, 0.2) is 11.0 Å². The summed E-state index contributed by atoms with van der Waals surface area (Å²) < 4.78 is 17.1. The zero-order valence-corrected chi connectivity index (χ0v) is 34.1. The molecule has 20 heteroatoms. The smallest absolute Gasteiger partial charge is 0.445 e. The maximum atomic E-state index is 12.6. The van der Waals surface area contributed by atoms with Crippen molar-refractivity contribution in [3.8, 4) is 11.1 Å². The van der Waals surface area contributed by atoms with Crippen LogP contribution in [0.25, 0.3) is 11.1 Å². The highest BCUT2D eigenvalue weighted by Crippen LogP contribution is 2.26. The molecule has 4 N–H and O–H groups in total. The zero-order valence-electron chi connectivity index (χ0n) is 33.4. The molecule has 0 bridgehead atoms. The second-order valence-corrected chi connectivity index (χ2v) is 13.4. The van der Waals surface area contributed by atoms with Gasteiger partial charge >= 0.3 is 6.09 Å². The Hall–Kier alpha value is -7.09. The SMILES string of the molecule is CCCCc1nc(Cl)c(COC=O)n1Cc1ccc(-c2ccccc2/C(N)=N/N(N)C(=O)OCc2cccc(CO[N+](=O)[O-])c2)cc1.COCc1cccc(CO[N+](=O)[O-])c1. The fourth-order valence-corrected chi connectivity index (χ4v) is 6.11. The minimum atomic E-state index is -0.961. The number of carbonyl (C=O) groups is 2. The third-order valence-corrected chi connectivity index (χ3v) is 8.99. The topological polar surface area (TPSA) is 252 Å². The van der Waals surface area contributed by atoms with Gasteiger partial charge in [-0.2, -0.15) is 0 Å². The van der Waals surface area contributed by atoms with Crippen LogP contribution in [0, 0.1) is 20.2 Å². The summed E-state index contributed by atoms with van der Waals surface area (Å²) >= 11 is 6.39. The third-order valence-electron chi connectivity index (χ3n) is 8.69. The molecule has 0 aliphatic heterocycles. The van der Waals surface area contributed by atoms with Gasteiger partial charge in [0.1, 0.15) is 32.3 Å². The molecule has 19 nitrogen and oxygen atoms in total. The Morgan fingerprint density at radius 3 is 2.02 bits per heavy atom. The molecule has 5 aromatic rings. The first-order chi connectivity index (χ1) is 29.4. The predicted molar refractivity (Wildman–Crippen MR) is 222 cm³/mol. The maximum Gasteiger partial charge on any atom is 0.445 e. The first-order valence-corrected chi connectivity index (χ1v) is 19.0. The maximum absolute atomic E-state index is 12.6. The van der Waals surface area contributed by atoms with Crippen LogP contribution in [-0.4, -0.2) is 50.4 Å². The van der Waals surface area contributed by atoms with Gasteiger partial charge in [-0.15, -0.1) is 30.4 Å². The number of nitrogens with two attached hydrogens (primary N) is 2. The van der Waals surface area contributed by atoms with Crippen molar-refractivity contribution in [2.24, 2.45) is 16.7 Å². The first kappa shape index (κ1) is 46.6. The number of amides is 1. The molecule has 0 saturated carbocycles. The van der Waals surface area contributed by atoms with Crippen LogP contribution in [0.5, 0.6) is 0 Å². The molecule has 0 radical (unpaired) electrons. The Labute approximate surface area is 355 Å². The Kier molecular flexibility index (Phi) is 18.4. The van der Waals surface area contributed by atoms with E-state index in [2.05, 4.69) is 26.7 Å². The van der Waals surface area contributed by atoms with Crippen molar-refractivity contribution in [3.63, 3.8) is 0 Å². The van der Waals surface area contributed by atoms with E-state index in [0.717, 1.165) is 52.9 Å². The number of aryl methyl sites for hydroxylation is 1. The zero-order chi connectivity index (χ0) is 44.1. The number of hydrazine groups is 1.